The Hall–Kier alpha value is -2.12. The summed E-state index contributed by atoms with van der Waals surface area (Å²) in [5, 5.41) is 6.03. The lowest BCUT2D eigenvalue weighted by Crippen LogP contribution is -2.38. The van der Waals surface area contributed by atoms with Crippen molar-refractivity contribution in [3.05, 3.63) is 23.8 Å². The monoisotopic (exact) mass is 387 g/mol. The van der Waals surface area contributed by atoms with Gasteiger partial charge in [0, 0.05) is 37.8 Å². The summed E-state index contributed by atoms with van der Waals surface area (Å²) in [6, 6.07) is 5.55. The molecule has 2 heterocycles. The van der Waals surface area contributed by atoms with Crippen LogP contribution in [0.4, 0.5) is 11.4 Å². The second kappa shape index (κ2) is 8.92. The van der Waals surface area contributed by atoms with Crippen molar-refractivity contribution in [1.29, 1.82) is 0 Å². The normalized spacial score (nSPS) is 22.6. The van der Waals surface area contributed by atoms with E-state index in [-0.39, 0.29) is 23.8 Å². The van der Waals surface area contributed by atoms with Crippen molar-refractivity contribution in [2.24, 2.45) is 5.92 Å². The maximum atomic E-state index is 12.9. The SMILES string of the molecule is O=C(NC[C@H]1CCCO1)c1ccc(NC(=O)C2CCC2)cc1N1CCOCC1. The second-order valence-electron chi connectivity index (χ2n) is 7.79. The molecule has 1 aliphatic carbocycles. The van der Waals surface area contributed by atoms with Crippen molar-refractivity contribution in [3.8, 4) is 0 Å². The number of benzene rings is 1. The molecule has 0 spiro atoms. The van der Waals surface area contributed by atoms with Crippen molar-refractivity contribution in [3.63, 3.8) is 0 Å². The van der Waals surface area contributed by atoms with Gasteiger partial charge in [-0.3, -0.25) is 9.59 Å². The van der Waals surface area contributed by atoms with Crippen LogP contribution in [0.25, 0.3) is 0 Å². The van der Waals surface area contributed by atoms with Gasteiger partial charge in [-0.05, 0) is 43.9 Å². The van der Waals surface area contributed by atoms with Crippen LogP contribution in [0.1, 0.15) is 42.5 Å². The van der Waals surface area contributed by atoms with Gasteiger partial charge in [0.1, 0.15) is 0 Å². The molecule has 1 aromatic rings. The molecule has 0 unspecified atom stereocenters. The van der Waals surface area contributed by atoms with Crippen molar-refractivity contribution >= 4 is 23.2 Å². The van der Waals surface area contributed by atoms with Crippen LogP contribution in [0.15, 0.2) is 18.2 Å². The maximum Gasteiger partial charge on any atom is 0.253 e. The van der Waals surface area contributed by atoms with Gasteiger partial charge in [0.2, 0.25) is 5.91 Å². The molecule has 28 heavy (non-hydrogen) atoms. The average molecular weight is 387 g/mol. The molecule has 7 heteroatoms. The Labute approximate surface area is 165 Å². The van der Waals surface area contributed by atoms with E-state index >= 15 is 0 Å². The van der Waals surface area contributed by atoms with E-state index < -0.39 is 0 Å². The standard InChI is InChI=1S/C21H29N3O4/c25-20(15-3-1-4-15)23-16-6-7-18(19(13-16)24-8-11-27-12-9-24)21(26)22-14-17-5-2-10-28-17/h6-7,13,15,17H,1-5,8-12,14H2,(H,22,26)(H,23,25)/t17-/m1/s1. The van der Waals surface area contributed by atoms with Crippen LogP contribution < -0.4 is 15.5 Å². The molecule has 0 radical (unpaired) electrons. The Morgan fingerprint density at radius 1 is 1.07 bits per heavy atom. The molecule has 0 bridgehead atoms. The zero-order valence-corrected chi connectivity index (χ0v) is 16.2. The van der Waals surface area contributed by atoms with Gasteiger partial charge in [-0.2, -0.15) is 0 Å². The number of carbonyl (C=O) groups is 2. The highest BCUT2D eigenvalue weighted by Gasteiger charge is 2.26. The quantitative estimate of drug-likeness (QED) is 0.782. The minimum absolute atomic E-state index is 0.0785. The van der Waals surface area contributed by atoms with E-state index in [0.29, 0.717) is 25.3 Å². The second-order valence-corrected chi connectivity index (χ2v) is 7.79. The Morgan fingerprint density at radius 2 is 1.89 bits per heavy atom. The number of carbonyl (C=O) groups excluding carboxylic acids is 2. The molecule has 3 aliphatic rings. The van der Waals surface area contributed by atoms with Crippen molar-refractivity contribution in [2.45, 2.75) is 38.2 Å². The van der Waals surface area contributed by atoms with Crippen molar-refractivity contribution < 1.29 is 19.1 Å². The van der Waals surface area contributed by atoms with Crippen LogP contribution in [0.5, 0.6) is 0 Å². The number of anilines is 2. The molecule has 7 nitrogen and oxygen atoms in total. The van der Waals surface area contributed by atoms with Gasteiger partial charge < -0.3 is 25.0 Å². The van der Waals surface area contributed by atoms with Gasteiger partial charge in [0.15, 0.2) is 0 Å². The topological polar surface area (TPSA) is 79.9 Å². The number of amides is 2. The first-order chi connectivity index (χ1) is 13.7. The summed E-state index contributed by atoms with van der Waals surface area (Å²) < 4.78 is 11.1. The molecule has 2 aliphatic heterocycles. The lowest BCUT2D eigenvalue weighted by atomic mass is 9.85. The van der Waals surface area contributed by atoms with E-state index in [0.717, 1.165) is 63.2 Å². The van der Waals surface area contributed by atoms with Crippen LogP contribution in [0.2, 0.25) is 0 Å². The van der Waals surface area contributed by atoms with Gasteiger partial charge in [-0.15, -0.1) is 0 Å². The zero-order chi connectivity index (χ0) is 19.3. The van der Waals surface area contributed by atoms with E-state index in [1.165, 1.54) is 0 Å². The molecule has 152 valence electrons. The van der Waals surface area contributed by atoms with Crippen LogP contribution in [-0.2, 0) is 14.3 Å². The lowest BCUT2D eigenvalue weighted by Gasteiger charge is -2.31. The van der Waals surface area contributed by atoms with Crippen molar-refractivity contribution in [1.82, 2.24) is 5.32 Å². The highest BCUT2D eigenvalue weighted by molar-refractivity contribution is 6.01. The largest absolute Gasteiger partial charge is 0.378 e. The average Bonchev–Trinajstić information content (AvgIpc) is 3.19. The summed E-state index contributed by atoms with van der Waals surface area (Å²) in [5.74, 6) is 0.102. The third-order valence-electron chi connectivity index (χ3n) is 5.85. The van der Waals surface area contributed by atoms with E-state index in [4.69, 9.17) is 9.47 Å². The summed E-state index contributed by atoms with van der Waals surface area (Å²) in [6.45, 7) is 4.03. The minimum Gasteiger partial charge on any atom is -0.378 e. The highest BCUT2D eigenvalue weighted by atomic mass is 16.5. The lowest BCUT2D eigenvalue weighted by molar-refractivity contribution is -0.122. The molecule has 1 aromatic carbocycles. The fraction of sp³-hybridized carbons (Fsp3) is 0.619. The number of ether oxygens (including phenoxy) is 2. The molecule has 2 amide bonds. The Morgan fingerprint density at radius 3 is 2.57 bits per heavy atom. The van der Waals surface area contributed by atoms with Gasteiger partial charge in [-0.25, -0.2) is 0 Å². The van der Waals surface area contributed by atoms with Crippen LogP contribution in [0.3, 0.4) is 0 Å². The molecule has 1 saturated carbocycles. The van der Waals surface area contributed by atoms with Crippen LogP contribution in [0, 0.1) is 5.92 Å². The summed E-state index contributed by atoms with van der Waals surface area (Å²) in [4.78, 5) is 27.3. The van der Waals surface area contributed by atoms with E-state index in [1.54, 1.807) is 0 Å². The molecule has 2 N–H and O–H groups in total. The first kappa shape index (κ1) is 19.2. The number of hydrogen-bond donors (Lipinski definition) is 2. The van der Waals surface area contributed by atoms with Gasteiger partial charge in [0.05, 0.1) is 30.6 Å². The van der Waals surface area contributed by atoms with Gasteiger partial charge in [-0.1, -0.05) is 6.42 Å². The summed E-state index contributed by atoms with van der Waals surface area (Å²) in [6.07, 6.45) is 5.20. The van der Waals surface area contributed by atoms with E-state index in [1.807, 2.05) is 18.2 Å². The number of nitrogens with one attached hydrogen (secondary N) is 2. The molecular formula is C21H29N3O4. The molecule has 1 atom stereocenters. The molecule has 4 rings (SSSR count). The first-order valence-corrected chi connectivity index (χ1v) is 10.4. The molecule has 3 fully saturated rings. The number of morpholine rings is 1. The number of hydrogen-bond acceptors (Lipinski definition) is 5. The first-order valence-electron chi connectivity index (χ1n) is 10.4. The van der Waals surface area contributed by atoms with E-state index in [2.05, 4.69) is 15.5 Å². The predicted octanol–water partition coefficient (Wildman–Crippen LogP) is 2.17. The summed E-state index contributed by atoms with van der Waals surface area (Å²) >= 11 is 0. The smallest absolute Gasteiger partial charge is 0.253 e. The van der Waals surface area contributed by atoms with Gasteiger partial charge >= 0.3 is 0 Å². The summed E-state index contributed by atoms with van der Waals surface area (Å²) in [5.41, 5.74) is 2.22. The maximum absolute atomic E-state index is 12.9. The fourth-order valence-electron chi connectivity index (χ4n) is 3.89. The van der Waals surface area contributed by atoms with Crippen LogP contribution >= 0.6 is 0 Å². The summed E-state index contributed by atoms with van der Waals surface area (Å²) in [7, 11) is 0. The number of rotatable bonds is 6. The number of nitrogens with zero attached hydrogens (tertiary/aromatic N) is 1. The predicted molar refractivity (Wildman–Crippen MR) is 107 cm³/mol. The minimum atomic E-state index is -0.103. The fourth-order valence-corrected chi connectivity index (χ4v) is 3.89. The molecule has 0 aromatic heterocycles. The Balaban J connectivity index is 1.49. The van der Waals surface area contributed by atoms with Crippen molar-refractivity contribution in [2.75, 3.05) is 49.7 Å². The Bertz CT molecular complexity index is 708. The highest BCUT2D eigenvalue weighted by Crippen LogP contribution is 2.30. The molecule has 2 saturated heterocycles. The third kappa shape index (κ3) is 4.47. The van der Waals surface area contributed by atoms with E-state index in [9.17, 15) is 9.59 Å². The molecular weight excluding hydrogens is 358 g/mol. The zero-order valence-electron chi connectivity index (χ0n) is 16.2. The third-order valence-corrected chi connectivity index (χ3v) is 5.85. The Kier molecular flexibility index (Phi) is 6.12. The van der Waals surface area contributed by atoms with Gasteiger partial charge in [0.25, 0.3) is 5.91 Å². The van der Waals surface area contributed by atoms with Crippen LogP contribution in [-0.4, -0.2) is 57.4 Å².